The van der Waals surface area contributed by atoms with Crippen molar-refractivity contribution in [2.75, 3.05) is 28.2 Å². The second kappa shape index (κ2) is 13.3. The summed E-state index contributed by atoms with van der Waals surface area (Å²) in [6.07, 6.45) is 0. The van der Waals surface area contributed by atoms with Crippen molar-refractivity contribution in [1.82, 2.24) is 0 Å². The Kier molecular flexibility index (Phi) is 16.6. The zero-order valence-corrected chi connectivity index (χ0v) is 23.9. The molecule has 0 N–H and O–H groups in total. The molecule has 1 aliphatic rings. The largest absolute Gasteiger partial charge is 0.668 e. The van der Waals surface area contributed by atoms with Gasteiger partial charge < -0.3 is 15.6 Å². The summed E-state index contributed by atoms with van der Waals surface area (Å²) in [6.45, 7) is 21.5. The van der Waals surface area contributed by atoms with Gasteiger partial charge in [0.15, 0.2) is 0 Å². The van der Waals surface area contributed by atoms with Crippen LogP contribution < -0.4 is 0 Å². The van der Waals surface area contributed by atoms with Crippen molar-refractivity contribution >= 4 is 8.24 Å². The fraction of sp³-hybridized carbons (Fsp3) is 1.00. The molecular formula is C19H44N3SiU-3. The predicted octanol–water partition coefficient (Wildman–Crippen LogP) is 6.53. The van der Waals surface area contributed by atoms with Gasteiger partial charge in [0.25, 0.3) is 0 Å². The predicted molar refractivity (Wildman–Crippen MR) is 111 cm³/mol. The van der Waals surface area contributed by atoms with Gasteiger partial charge in [0, 0.05) is 31.1 Å². The third kappa shape index (κ3) is 10.3. The van der Waals surface area contributed by atoms with E-state index in [4.69, 9.17) is 4.98 Å². The molecule has 0 amide bonds. The Balaban J connectivity index is -0.000000550. The molecule has 5 heteroatoms. The molecule has 1 rings (SSSR count). The average Bonchev–Trinajstić information content (AvgIpc) is 2.53. The Hall–Kier alpha value is 1.15. The average molecular weight is 581 g/mol. The molecule has 0 aromatic carbocycles. The fourth-order valence-electron chi connectivity index (χ4n) is 4.32. The van der Waals surface area contributed by atoms with E-state index in [1.807, 2.05) is 0 Å². The first kappa shape index (κ1) is 29.9. The minimum absolute atomic E-state index is 0. The van der Waals surface area contributed by atoms with E-state index in [2.05, 4.69) is 72.2 Å². The molecule has 1 aliphatic carbocycles. The van der Waals surface area contributed by atoms with Crippen LogP contribution in [0.25, 0.3) is 15.6 Å². The molecular weight excluding hydrogens is 536 g/mol. The van der Waals surface area contributed by atoms with Crippen LogP contribution in [0.4, 0.5) is 0 Å². The van der Waals surface area contributed by atoms with E-state index in [0.29, 0.717) is 0 Å². The van der Waals surface area contributed by atoms with Crippen molar-refractivity contribution in [1.29, 1.82) is 0 Å². The second-order valence-electron chi connectivity index (χ2n) is 8.79. The minimum Gasteiger partial charge on any atom is -0.668 e. The van der Waals surface area contributed by atoms with Crippen LogP contribution in [0.1, 0.15) is 48.5 Å². The minimum atomic E-state index is -1.49. The van der Waals surface area contributed by atoms with Crippen molar-refractivity contribution in [2.24, 2.45) is 23.7 Å². The van der Waals surface area contributed by atoms with Crippen LogP contribution in [0.3, 0.4) is 0 Å². The van der Waals surface area contributed by atoms with Crippen molar-refractivity contribution in [2.45, 2.75) is 72.6 Å². The Morgan fingerprint density at radius 2 is 0.917 bits per heavy atom. The molecule has 0 saturated heterocycles. The molecule has 4 atom stereocenters. The van der Waals surface area contributed by atoms with Crippen molar-refractivity contribution in [3.8, 4) is 0 Å². The maximum atomic E-state index is 5.23. The standard InChI is InChI=1S/C15H32NSi.2C2H6N.U/c1-10-11(2)13(4)14(12(10)3)17(8,9)16-15(5,6)7;2*1-3-2;/h10-14H,1-9H3;2*1-2H3;/q3*-1;. The van der Waals surface area contributed by atoms with Gasteiger partial charge in [-0.2, -0.15) is 28.2 Å². The molecule has 4 unspecified atom stereocenters. The molecule has 0 radical (unpaired) electrons. The summed E-state index contributed by atoms with van der Waals surface area (Å²) in [7, 11) is 5.51. The summed E-state index contributed by atoms with van der Waals surface area (Å²) < 4.78 is 0. The van der Waals surface area contributed by atoms with Gasteiger partial charge in [-0.05, 0) is 23.7 Å². The van der Waals surface area contributed by atoms with E-state index in [9.17, 15) is 0 Å². The van der Waals surface area contributed by atoms with E-state index in [1.165, 1.54) is 0 Å². The van der Waals surface area contributed by atoms with E-state index in [-0.39, 0.29) is 36.7 Å². The molecule has 1 fully saturated rings. The number of hydrogen-bond donors (Lipinski definition) is 0. The van der Waals surface area contributed by atoms with Crippen molar-refractivity contribution < 1.29 is 31.1 Å². The first-order valence-electron chi connectivity index (χ1n) is 9.00. The Labute approximate surface area is 178 Å². The number of nitrogens with zero attached hydrogens (tertiary/aromatic N) is 3. The molecule has 24 heavy (non-hydrogen) atoms. The Bertz CT molecular complexity index is 289. The van der Waals surface area contributed by atoms with E-state index in [1.54, 1.807) is 28.2 Å². The van der Waals surface area contributed by atoms with E-state index < -0.39 is 8.24 Å². The maximum Gasteiger partial charge on any atom is 0 e. The first-order valence-corrected chi connectivity index (χ1v) is 12.0. The maximum absolute atomic E-state index is 5.23. The normalized spacial score (nSPS) is 29.6. The second-order valence-corrected chi connectivity index (χ2v) is 13.0. The third-order valence-corrected chi connectivity index (χ3v) is 8.99. The van der Waals surface area contributed by atoms with Gasteiger partial charge in [0.2, 0.25) is 0 Å². The van der Waals surface area contributed by atoms with Crippen molar-refractivity contribution in [3.05, 3.63) is 15.6 Å². The molecule has 0 bridgehead atoms. The van der Waals surface area contributed by atoms with Crippen LogP contribution in [0.5, 0.6) is 0 Å². The molecule has 0 heterocycles. The molecule has 0 spiro atoms. The van der Waals surface area contributed by atoms with Crippen LogP contribution in [-0.2, 0) is 0 Å². The van der Waals surface area contributed by atoms with Gasteiger partial charge in [-0.25, -0.2) is 0 Å². The summed E-state index contributed by atoms with van der Waals surface area (Å²) in [6, 6.07) is 0. The monoisotopic (exact) mass is 580 g/mol. The van der Waals surface area contributed by atoms with Gasteiger partial charge in [0.05, 0.1) is 0 Å². The van der Waals surface area contributed by atoms with Gasteiger partial charge in [-0.1, -0.05) is 75.3 Å². The summed E-state index contributed by atoms with van der Waals surface area (Å²) >= 11 is 0. The smallest absolute Gasteiger partial charge is 0 e. The van der Waals surface area contributed by atoms with E-state index >= 15 is 0 Å². The molecule has 0 aromatic heterocycles. The van der Waals surface area contributed by atoms with Crippen LogP contribution >= 0.6 is 0 Å². The first-order chi connectivity index (χ1) is 10.3. The number of rotatable bonds is 2. The third-order valence-electron chi connectivity index (χ3n) is 5.06. The van der Waals surface area contributed by atoms with Gasteiger partial charge in [-0.3, -0.25) is 0 Å². The topological polar surface area (TPSA) is 42.3 Å². The fourth-order valence-corrected chi connectivity index (χ4v) is 9.37. The van der Waals surface area contributed by atoms with Gasteiger partial charge in [0.1, 0.15) is 0 Å². The summed E-state index contributed by atoms with van der Waals surface area (Å²) in [5.74, 6) is 3.40. The summed E-state index contributed by atoms with van der Waals surface area (Å²) in [4.78, 5) is 5.23. The molecule has 146 valence electrons. The van der Waals surface area contributed by atoms with E-state index in [0.717, 1.165) is 29.2 Å². The summed E-state index contributed by atoms with van der Waals surface area (Å²) in [5, 5.41) is 7.00. The van der Waals surface area contributed by atoms with Crippen LogP contribution in [0.2, 0.25) is 18.6 Å². The summed E-state index contributed by atoms with van der Waals surface area (Å²) in [5.41, 5.74) is 0.983. The number of hydrogen-bond acceptors (Lipinski definition) is 0. The Morgan fingerprint density at radius 1 is 0.667 bits per heavy atom. The van der Waals surface area contributed by atoms with Crippen LogP contribution in [-0.4, -0.2) is 42.0 Å². The molecule has 1 saturated carbocycles. The zero-order chi connectivity index (χ0) is 19.0. The van der Waals surface area contributed by atoms with Crippen LogP contribution in [0, 0.1) is 54.8 Å². The SMILES string of the molecule is CC1C(C)C(C)C([Si](C)(C)[N-]C(C)(C)C)C1C.C[N-]C.C[N-]C.[U]. The van der Waals surface area contributed by atoms with Gasteiger partial charge in [-0.15, -0.1) is 5.54 Å². The zero-order valence-electron chi connectivity index (χ0n) is 18.7. The molecule has 0 aliphatic heterocycles. The molecule has 3 nitrogen and oxygen atoms in total. The Morgan fingerprint density at radius 3 is 1.12 bits per heavy atom. The van der Waals surface area contributed by atoms with Crippen LogP contribution in [0.15, 0.2) is 0 Å². The molecule has 0 aromatic rings. The van der Waals surface area contributed by atoms with Gasteiger partial charge >= 0.3 is 0 Å². The van der Waals surface area contributed by atoms with Crippen molar-refractivity contribution in [3.63, 3.8) is 0 Å². The quantitative estimate of drug-likeness (QED) is 0.334.